The molecule has 0 unspecified atom stereocenters. The van der Waals surface area contributed by atoms with Crippen LogP contribution >= 0.6 is 0 Å². The van der Waals surface area contributed by atoms with Crippen LogP contribution in [0, 0.1) is 5.92 Å². The van der Waals surface area contributed by atoms with Gasteiger partial charge in [-0.15, -0.1) is 0 Å². The summed E-state index contributed by atoms with van der Waals surface area (Å²) < 4.78 is 0. The summed E-state index contributed by atoms with van der Waals surface area (Å²) in [7, 11) is 0. The number of carbonyl (C=O) groups excluding carboxylic acids is 1. The summed E-state index contributed by atoms with van der Waals surface area (Å²) in [6.45, 7) is 4.20. The highest BCUT2D eigenvalue weighted by Gasteiger charge is 2.21. The van der Waals surface area contributed by atoms with Gasteiger partial charge in [0.2, 0.25) is 5.91 Å². The van der Waals surface area contributed by atoms with E-state index in [-0.39, 0.29) is 18.2 Å². The third-order valence-corrected chi connectivity index (χ3v) is 3.03. The van der Waals surface area contributed by atoms with Gasteiger partial charge in [-0.1, -0.05) is 38.1 Å². The van der Waals surface area contributed by atoms with Gasteiger partial charge in [-0.05, 0) is 23.5 Å². The third-order valence-electron chi connectivity index (χ3n) is 3.03. The van der Waals surface area contributed by atoms with Crippen LogP contribution in [0.25, 0.3) is 0 Å². The molecule has 0 spiro atoms. The molecule has 20 heavy (non-hydrogen) atoms. The van der Waals surface area contributed by atoms with Crippen molar-refractivity contribution in [3.05, 3.63) is 35.4 Å². The van der Waals surface area contributed by atoms with Gasteiger partial charge < -0.3 is 16.2 Å². The molecule has 0 saturated heterocycles. The average molecular weight is 278 g/mol. The maximum atomic E-state index is 12.0. The summed E-state index contributed by atoms with van der Waals surface area (Å²) in [6.07, 6.45) is 0.564. The Hall–Kier alpha value is -1.88. The highest BCUT2D eigenvalue weighted by Crippen LogP contribution is 2.10. The molecule has 0 saturated carbocycles. The molecule has 0 aliphatic carbocycles. The fourth-order valence-electron chi connectivity index (χ4n) is 2.04. The number of hydrogen-bond acceptors (Lipinski definition) is 3. The predicted octanol–water partition coefficient (Wildman–Crippen LogP) is 1.30. The van der Waals surface area contributed by atoms with E-state index in [0.717, 1.165) is 11.1 Å². The lowest BCUT2D eigenvalue weighted by molar-refractivity contribution is -0.142. The van der Waals surface area contributed by atoms with Crippen molar-refractivity contribution in [2.75, 3.05) is 0 Å². The van der Waals surface area contributed by atoms with Crippen LogP contribution in [0.4, 0.5) is 0 Å². The zero-order valence-corrected chi connectivity index (χ0v) is 11.9. The van der Waals surface area contributed by atoms with E-state index in [2.05, 4.69) is 5.32 Å². The molecule has 0 aliphatic rings. The molecule has 0 bridgehead atoms. The second-order valence-corrected chi connectivity index (χ2v) is 5.24. The van der Waals surface area contributed by atoms with Gasteiger partial charge in [0.25, 0.3) is 0 Å². The van der Waals surface area contributed by atoms with Gasteiger partial charge in [0.05, 0.1) is 6.42 Å². The van der Waals surface area contributed by atoms with Crippen LogP contribution in [0.5, 0.6) is 0 Å². The summed E-state index contributed by atoms with van der Waals surface area (Å²) in [5.41, 5.74) is 7.35. The molecule has 1 aromatic carbocycles. The molecule has 5 nitrogen and oxygen atoms in total. The van der Waals surface area contributed by atoms with E-state index < -0.39 is 12.0 Å². The van der Waals surface area contributed by atoms with E-state index in [1.54, 1.807) is 0 Å². The van der Waals surface area contributed by atoms with Gasteiger partial charge in [0.1, 0.15) is 6.04 Å². The lowest BCUT2D eigenvalue weighted by atomic mass is 10.0. The summed E-state index contributed by atoms with van der Waals surface area (Å²) in [5.74, 6) is -1.09. The van der Waals surface area contributed by atoms with Gasteiger partial charge in [-0.3, -0.25) is 4.79 Å². The van der Waals surface area contributed by atoms with Crippen molar-refractivity contribution in [2.24, 2.45) is 11.7 Å². The highest BCUT2D eigenvalue weighted by molar-refractivity contribution is 5.85. The normalized spacial score (nSPS) is 12.2. The van der Waals surface area contributed by atoms with Gasteiger partial charge in [0, 0.05) is 6.54 Å². The van der Waals surface area contributed by atoms with Crippen LogP contribution in [0.3, 0.4) is 0 Å². The van der Waals surface area contributed by atoms with E-state index in [1.807, 2.05) is 38.1 Å². The van der Waals surface area contributed by atoms with E-state index in [4.69, 9.17) is 10.8 Å². The van der Waals surface area contributed by atoms with Crippen molar-refractivity contribution in [2.45, 2.75) is 39.3 Å². The number of carboxylic acid groups (broad SMARTS) is 1. The van der Waals surface area contributed by atoms with Crippen molar-refractivity contribution in [3.63, 3.8) is 0 Å². The van der Waals surface area contributed by atoms with Crippen molar-refractivity contribution in [3.8, 4) is 0 Å². The van der Waals surface area contributed by atoms with Gasteiger partial charge in [-0.25, -0.2) is 4.79 Å². The molecular formula is C15H22N2O3. The van der Waals surface area contributed by atoms with Crippen LogP contribution in [0.15, 0.2) is 24.3 Å². The average Bonchev–Trinajstić information content (AvgIpc) is 2.37. The Bertz CT molecular complexity index is 472. The Morgan fingerprint density at radius 3 is 2.35 bits per heavy atom. The Labute approximate surface area is 119 Å². The number of rotatable bonds is 7. The van der Waals surface area contributed by atoms with Gasteiger partial charge in [0.15, 0.2) is 0 Å². The molecule has 1 rings (SSSR count). The molecule has 0 aromatic heterocycles. The van der Waals surface area contributed by atoms with E-state index in [9.17, 15) is 9.59 Å². The number of nitrogens with one attached hydrogen (secondary N) is 1. The SMILES string of the molecule is CC(C)C[C@@H](NC(=O)Cc1ccccc1CN)C(=O)O. The lowest BCUT2D eigenvalue weighted by Gasteiger charge is -2.17. The Morgan fingerprint density at radius 1 is 1.25 bits per heavy atom. The standard InChI is InChI=1S/C15H22N2O3/c1-10(2)7-13(15(19)20)17-14(18)8-11-5-3-4-6-12(11)9-16/h3-6,10,13H,7-9,16H2,1-2H3,(H,17,18)(H,19,20)/t13-/m1/s1. The van der Waals surface area contributed by atoms with Crippen molar-refractivity contribution in [1.29, 1.82) is 0 Å². The molecule has 5 heteroatoms. The van der Waals surface area contributed by atoms with Crippen LogP contribution in [0.2, 0.25) is 0 Å². The zero-order valence-electron chi connectivity index (χ0n) is 11.9. The zero-order chi connectivity index (χ0) is 15.1. The Balaban J connectivity index is 2.68. The number of nitrogens with two attached hydrogens (primary N) is 1. The fourth-order valence-corrected chi connectivity index (χ4v) is 2.04. The minimum atomic E-state index is -1.00. The van der Waals surface area contributed by atoms with Crippen molar-refractivity contribution in [1.82, 2.24) is 5.32 Å². The van der Waals surface area contributed by atoms with Crippen LogP contribution in [-0.4, -0.2) is 23.0 Å². The minimum absolute atomic E-state index is 0.148. The molecular weight excluding hydrogens is 256 g/mol. The molecule has 0 heterocycles. The number of hydrogen-bond donors (Lipinski definition) is 3. The van der Waals surface area contributed by atoms with E-state index >= 15 is 0 Å². The maximum absolute atomic E-state index is 12.0. The quantitative estimate of drug-likeness (QED) is 0.701. The van der Waals surface area contributed by atoms with E-state index in [0.29, 0.717) is 13.0 Å². The molecule has 0 aliphatic heterocycles. The first-order valence-electron chi connectivity index (χ1n) is 6.73. The molecule has 0 fully saturated rings. The number of carboxylic acids is 1. The minimum Gasteiger partial charge on any atom is -0.480 e. The monoisotopic (exact) mass is 278 g/mol. The Kier molecular flexibility index (Phi) is 6.18. The molecule has 4 N–H and O–H groups in total. The first kappa shape index (κ1) is 16.2. The first-order valence-corrected chi connectivity index (χ1v) is 6.73. The predicted molar refractivity (Wildman–Crippen MR) is 77.1 cm³/mol. The summed E-state index contributed by atoms with van der Waals surface area (Å²) in [4.78, 5) is 23.1. The molecule has 1 atom stereocenters. The summed E-state index contributed by atoms with van der Waals surface area (Å²) in [5, 5.41) is 11.7. The van der Waals surface area contributed by atoms with Crippen molar-refractivity contribution < 1.29 is 14.7 Å². The smallest absolute Gasteiger partial charge is 0.326 e. The molecule has 0 radical (unpaired) electrons. The second-order valence-electron chi connectivity index (χ2n) is 5.24. The lowest BCUT2D eigenvalue weighted by Crippen LogP contribution is -2.42. The molecule has 1 aromatic rings. The topological polar surface area (TPSA) is 92.4 Å². The van der Waals surface area contributed by atoms with Crippen LogP contribution < -0.4 is 11.1 Å². The first-order chi connectivity index (χ1) is 9.43. The van der Waals surface area contributed by atoms with Crippen molar-refractivity contribution >= 4 is 11.9 Å². The maximum Gasteiger partial charge on any atom is 0.326 e. The van der Waals surface area contributed by atoms with Crippen LogP contribution in [-0.2, 0) is 22.6 Å². The number of aliphatic carboxylic acids is 1. The number of benzene rings is 1. The highest BCUT2D eigenvalue weighted by atomic mass is 16.4. The molecule has 1 amide bonds. The molecule has 110 valence electrons. The van der Waals surface area contributed by atoms with E-state index in [1.165, 1.54) is 0 Å². The summed E-state index contributed by atoms with van der Waals surface area (Å²) >= 11 is 0. The van der Waals surface area contributed by atoms with Gasteiger partial charge in [-0.2, -0.15) is 0 Å². The van der Waals surface area contributed by atoms with Crippen LogP contribution in [0.1, 0.15) is 31.4 Å². The second kappa shape index (κ2) is 7.65. The number of carbonyl (C=O) groups is 2. The third kappa shape index (κ3) is 5.01. The number of amides is 1. The summed E-state index contributed by atoms with van der Waals surface area (Å²) in [6, 6.07) is 6.56. The Morgan fingerprint density at radius 2 is 1.85 bits per heavy atom. The fraction of sp³-hybridized carbons (Fsp3) is 0.467. The largest absolute Gasteiger partial charge is 0.480 e. The van der Waals surface area contributed by atoms with Gasteiger partial charge >= 0.3 is 5.97 Å².